The van der Waals surface area contributed by atoms with E-state index in [2.05, 4.69) is 42.7 Å². The summed E-state index contributed by atoms with van der Waals surface area (Å²) in [7, 11) is 1.70. The van der Waals surface area contributed by atoms with E-state index in [0.29, 0.717) is 19.1 Å². The monoisotopic (exact) mass is 386 g/mol. The van der Waals surface area contributed by atoms with Crippen molar-refractivity contribution >= 4 is 11.0 Å². The molecule has 4 heteroatoms. The lowest BCUT2D eigenvalue weighted by molar-refractivity contribution is 0.291. The highest BCUT2D eigenvalue weighted by atomic mass is 16.5. The molecule has 0 radical (unpaired) electrons. The SMILES string of the molecule is COc1ccccc1Cn1c(COc2ccc(C(C)C)cc2)nc2ccccc21. The lowest BCUT2D eigenvalue weighted by atomic mass is 10.0. The van der Waals surface area contributed by atoms with E-state index < -0.39 is 0 Å². The van der Waals surface area contributed by atoms with Crippen molar-refractivity contribution in [2.45, 2.75) is 32.9 Å². The number of rotatable bonds is 7. The largest absolute Gasteiger partial charge is 0.496 e. The quantitative estimate of drug-likeness (QED) is 0.403. The molecule has 0 unspecified atom stereocenters. The Morgan fingerprint density at radius 2 is 1.62 bits per heavy atom. The number of imidazole rings is 1. The number of methoxy groups -OCH3 is 1. The number of para-hydroxylation sites is 3. The fraction of sp³-hybridized carbons (Fsp3) is 0.240. The van der Waals surface area contributed by atoms with Crippen LogP contribution < -0.4 is 9.47 Å². The minimum atomic E-state index is 0.408. The normalized spacial score (nSPS) is 11.2. The van der Waals surface area contributed by atoms with Crippen LogP contribution in [0, 0.1) is 0 Å². The summed E-state index contributed by atoms with van der Waals surface area (Å²) in [5.74, 6) is 3.13. The van der Waals surface area contributed by atoms with Crippen LogP contribution in [-0.4, -0.2) is 16.7 Å². The molecule has 29 heavy (non-hydrogen) atoms. The minimum Gasteiger partial charge on any atom is -0.496 e. The van der Waals surface area contributed by atoms with Gasteiger partial charge >= 0.3 is 0 Å². The van der Waals surface area contributed by atoms with E-state index in [1.54, 1.807) is 7.11 Å². The Bertz CT molecular complexity index is 1100. The topological polar surface area (TPSA) is 36.3 Å². The van der Waals surface area contributed by atoms with E-state index in [4.69, 9.17) is 14.5 Å². The average Bonchev–Trinajstić information content (AvgIpc) is 3.10. The predicted octanol–water partition coefficient (Wildman–Crippen LogP) is 5.80. The Morgan fingerprint density at radius 3 is 2.38 bits per heavy atom. The van der Waals surface area contributed by atoms with E-state index in [0.717, 1.165) is 33.9 Å². The smallest absolute Gasteiger partial charge is 0.148 e. The first kappa shape index (κ1) is 19.1. The molecule has 0 amide bonds. The van der Waals surface area contributed by atoms with Gasteiger partial charge in [0.25, 0.3) is 0 Å². The molecular formula is C25H26N2O2. The summed E-state index contributed by atoms with van der Waals surface area (Å²) in [6, 6.07) is 24.6. The fourth-order valence-corrected chi connectivity index (χ4v) is 3.51. The summed E-state index contributed by atoms with van der Waals surface area (Å²) in [5.41, 5.74) is 4.48. The third-order valence-corrected chi connectivity index (χ3v) is 5.17. The van der Waals surface area contributed by atoms with Crippen LogP contribution in [-0.2, 0) is 13.2 Å². The Labute approximate surface area is 171 Å². The van der Waals surface area contributed by atoms with Crippen molar-refractivity contribution in [1.29, 1.82) is 0 Å². The van der Waals surface area contributed by atoms with Crippen molar-refractivity contribution in [1.82, 2.24) is 9.55 Å². The van der Waals surface area contributed by atoms with Crippen molar-refractivity contribution in [3.8, 4) is 11.5 Å². The number of benzene rings is 3. The molecule has 0 saturated heterocycles. The van der Waals surface area contributed by atoms with Gasteiger partial charge in [0, 0.05) is 5.56 Å². The number of hydrogen-bond acceptors (Lipinski definition) is 3. The van der Waals surface area contributed by atoms with Crippen LogP contribution in [0.2, 0.25) is 0 Å². The van der Waals surface area contributed by atoms with Crippen LogP contribution in [0.4, 0.5) is 0 Å². The summed E-state index contributed by atoms with van der Waals surface area (Å²) in [6.07, 6.45) is 0. The summed E-state index contributed by atoms with van der Waals surface area (Å²) in [5, 5.41) is 0. The van der Waals surface area contributed by atoms with Gasteiger partial charge in [-0.25, -0.2) is 4.98 Å². The van der Waals surface area contributed by atoms with Crippen molar-refractivity contribution in [2.75, 3.05) is 7.11 Å². The molecule has 0 bridgehead atoms. The number of hydrogen-bond donors (Lipinski definition) is 0. The molecule has 4 aromatic rings. The number of nitrogens with zero attached hydrogens (tertiary/aromatic N) is 2. The van der Waals surface area contributed by atoms with Crippen LogP contribution in [0.15, 0.2) is 72.8 Å². The third-order valence-electron chi connectivity index (χ3n) is 5.17. The second kappa shape index (κ2) is 8.39. The van der Waals surface area contributed by atoms with Crippen LogP contribution in [0.5, 0.6) is 11.5 Å². The second-order valence-corrected chi connectivity index (χ2v) is 7.43. The van der Waals surface area contributed by atoms with Crippen LogP contribution >= 0.6 is 0 Å². The van der Waals surface area contributed by atoms with E-state index in [1.165, 1.54) is 5.56 Å². The van der Waals surface area contributed by atoms with Gasteiger partial charge in [0.1, 0.15) is 23.9 Å². The number of ether oxygens (including phenoxy) is 2. The summed E-state index contributed by atoms with van der Waals surface area (Å²) in [4.78, 5) is 4.82. The predicted molar refractivity (Wildman–Crippen MR) is 117 cm³/mol. The Morgan fingerprint density at radius 1 is 0.897 bits per heavy atom. The summed E-state index contributed by atoms with van der Waals surface area (Å²) >= 11 is 0. The first-order chi connectivity index (χ1) is 14.2. The first-order valence-electron chi connectivity index (χ1n) is 9.94. The zero-order valence-corrected chi connectivity index (χ0v) is 17.1. The van der Waals surface area contributed by atoms with Crippen molar-refractivity contribution in [3.05, 3.63) is 89.7 Å². The van der Waals surface area contributed by atoms with E-state index in [-0.39, 0.29) is 0 Å². The molecule has 4 rings (SSSR count). The molecule has 0 aliphatic rings. The molecule has 0 aliphatic carbocycles. The second-order valence-electron chi connectivity index (χ2n) is 7.43. The van der Waals surface area contributed by atoms with Crippen molar-refractivity contribution in [3.63, 3.8) is 0 Å². The lowest BCUT2D eigenvalue weighted by Crippen LogP contribution is -2.09. The number of aromatic nitrogens is 2. The van der Waals surface area contributed by atoms with Gasteiger partial charge < -0.3 is 14.0 Å². The van der Waals surface area contributed by atoms with Crippen LogP contribution in [0.3, 0.4) is 0 Å². The third kappa shape index (κ3) is 4.11. The molecule has 0 fully saturated rings. The zero-order chi connectivity index (χ0) is 20.2. The molecule has 0 atom stereocenters. The molecule has 3 aromatic carbocycles. The Hall–Kier alpha value is -3.27. The minimum absolute atomic E-state index is 0.408. The van der Waals surface area contributed by atoms with Gasteiger partial charge in [-0.2, -0.15) is 0 Å². The Balaban J connectivity index is 1.62. The van der Waals surface area contributed by atoms with E-state index in [9.17, 15) is 0 Å². The molecular weight excluding hydrogens is 360 g/mol. The maximum atomic E-state index is 6.08. The zero-order valence-electron chi connectivity index (χ0n) is 17.1. The van der Waals surface area contributed by atoms with E-state index in [1.807, 2.05) is 48.5 Å². The molecule has 0 aliphatic heterocycles. The molecule has 0 saturated carbocycles. The maximum absolute atomic E-state index is 6.08. The van der Waals surface area contributed by atoms with Gasteiger partial charge in [-0.15, -0.1) is 0 Å². The average molecular weight is 386 g/mol. The summed E-state index contributed by atoms with van der Waals surface area (Å²) < 4.78 is 13.8. The molecule has 4 nitrogen and oxygen atoms in total. The highest BCUT2D eigenvalue weighted by Gasteiger charge is 2.13. The lowest BCUT2D eigenvalue weighted by Gasteiger charge is -2.13. The van der Waals surface area contributed by atoms with Gasteiger partial charge in [0.2, 0.25) is 0 Å². The van der Waals surface area contributed by atoms with Gasteiger partial charge in [0.15, 0.2) is 0 Å². The molecule has 0 N–H and O–H groups in total. The van der Waals surface area contributed by atoms with Gasteiger partial charge in [-0.05, 0) is 41.8 Å². The Kier molecular flexibility index (Phi) is 5.52. The first-order valence-corrected chi connectivity index (χ1v) is 9.94. The van der Waals surface area contributed by atoms with Crippen LogP contribution in [0.1, 0.15) is 36.7 Å². The highest BCUT2D eigenvalue weighted by molar-refractivity contribution is 5.76. The molecule has 1 heterocycles. The van der Waals surface area contributed by atoms with E-state index >= 15 is 0 Å². The highest BCUT2D eigenvalue weighted by Crippen LogP contribution is 2.24. The maximum Gasteiger partial charge on any atom is 0.148 e. The van der Waals surface area contributed by atoms with Crippen molar-refractivity contribution < 1.29 is 9.47 Å². The molecule has 148 valence electrons. The summed E-state index contributed by atoms with van der Waals surface area (Å²) in [6.45, 7) is 5.46. The van der Waals surface area contributed by atoms with Crippen molar-refractivity contribution in [2.24, 2.45) is 0 Å². The number of fused-ring (bicyclic) bond motifs is 1. The van der Waals surface area contributed by atoms with Gasteiger partial charge in [-0.3, -0.25) is 0 Å². The fourth-order valence-electron chi connectivity index (χ4n) is 3.51. The van der Waals surface area contributed by atoms with Crippen LogP contribution in [0.25, 0.3) is 11.0 Å². The standard InChI is InChI=1S/C25H26N2O2/c1-18(2)19-12-14-21(15-13-19)29-17-25-26-22-9-5-6-10-23(22)27(25)16-20-8-4-7-11-24(20)28-3/h4-15,18H,16-17H2,1-3H3. The molecule has 1 aromatic heterocycles. The molecule has 0 spiro atoms. The van der Waals surface area contributed by atoms with Gasteiger partial charge in [0.05, 0.1) is 24.7 Å². The van der Waals surface area contributed by atoms with Gasteiger partial charge in [-0.1, -0.05) is 56.3 Å².